The van der Waals surface area contributed by atoms with Crippen LogP contribution in [0.2, 0.25) is 10.0 Å². The van der Waals surface area contributed by atoms with Crippen LogP contribution in [0.5, 0.6) is 0 Å². The summed E-state index contributed by atoms with van der Waals surface area (Å²) in [5.74, 6) is 0. The lowest BCUT2D eigenvalue weighted by Crippen LogP contribution is -3.13. The van der Waals surface area contributed by atoms with Crippen LogP contribution in [-0.2, 0) is 6.54 Å². The number of nitrogens with one attached hydrogen (secondary N) is 1. The predicted octanol–water partition coefficient (Wildman–Crippen LogP) is 2.90. The van der Waals surface area contributed by atoms with Gasteiger partial charge in [0.25, 0.3) is 0 Å². The highest BCUT2D eigenvalue weighted by Crippen LogP contribution is 2.22. The summed E-state index contributed by atoms with van der Waals surface area (Å²) in [6, 6.07) is 16.6. The van der Waals surface area contributed by atoms with E-state index in [0.29, 0.717) is 10.0 Å². The summed E-state index contributed by atoms with van der Waals surface area (Å²) in [4.78, 5) is 4.05. The van der Waals surface area contributed by atoms with Gasteiger partial charge in [0, 0.05) is 11.3 Å². The number of halogens is 2. The minimum Gasteiger partial charge on any atom is -0.360 e. The van der Waals surface area contributed by atoms with Crippen LogP contribution in [0.4, 0.5) is 5.69 Å². The molecule has 0 aliphatic carbocycles. The summed E-state index contributed by atoms with van der Waals surface area (Å²) in [6.07, 6.45) is 0. The molecule has 4 heteroatoms. The van der Waals surface area contributed by atoms with Crippen molar-refractivity contribution >= 4 is 28.9 Å². The SMILES string of the molecule is Clc1ccc(C[NH+]2CCN(c3ccccc3)CC2)cc1Cl. The number of nitrogens with zero attached hydrogens (tertiary/aromatic N) is 1. The number of benzene rings is 2. The second-order valence-electron chi connectivity index (χ2n) is 5.50. The fourth-order valence-corrected chi connectivity index (χ4v) is 3.16. The number of hydrogen-bond donors (Lipinski definition) is 1. The van der Waals surface area contributed by atoms with Gasteiger partial charge in [0.1, 0.15) is 6.54 Å². The Balaban J connectivity index is 1.57. The topological polar surface area (TPSA) is 7.68 Å². The molecular formula is C17H19Cl2N2+. The van der Waals surface area contributed by atoms with E-state index in [1.807, 2.05) is 12.1 Å². The maximum absolute atomic E-state index is 6.09. The molecule has 0 bridgehead atoms. The van der Waals surface area contributed by atoms with E-state index in [1.165, 1.54) is 11.3 Å². The van der Waals surface area contributed by atoms with Crippen molar-refractivity contribution < 1.29 is 4.90 Å². The second-order valence-corrected chi connectivity index (χ2v) is 6.31. The molecular weight excluding hydrogens is 303 g/mol. The van der Waals surface area contributed by atoms with Gasteiger partial charge in [-0.3, -0.25) is 0 Å². The zero-order valence-corrected chi connectivity index (χ0v) is 13.4. The van der Waals surface area contributed by atoms with Crippen molar-refractivity contribution in [1.82, 2.24) is 0 Å². The highest BCUT2D eigenvalue weighted by Gasteiger charge is 2.20. The third-order valence-electron chi connectivity index (χ3n) is 4.03. The predicted molar refractivity (Wildman–Crippen MR) is 89.5 cm³/mol. The Morgan fingerprint density at radius 3 is 2.29 bits per heavy atom. The van der Waals surface area contributed by atoms with Crippen LogP contribution < -0.4 is 9.80 Å². The summed E-state index contributed by atoms with van der Waals surface area (Å²) in [7, 11) is 0. The van der Waals surface area contributed by atoms with Crippen LogP contribution in [0.25, 0.3) is 0 Å². The first-order valence-corrected chi connectivity index (χ1v) is 8.05. The average molecular weight is 322 g/mol. The van der Waals surface area contributed by atoms with Crippen molar-refractivity contribution in [2.45, 2.75) is 6.54 Å². The Hall–Kier alpha value is -1.22. The lowest BCUT2D eigenvalue weighted by Gasteiger charge is -2.33. The molecule has 0 aromatic heterocycles. The van der Waals surface area contributed by atoms with Crippen LogP contribution >= 0.6 is 23.2 Å². The summed E-state index contributed by atoms with van der Waals surface area (Å²) in [5, 5.41) is 1.28. The van der Waals surface area contributed by atoms with Crippen LogP contribution in [0.3, 0.4) is 0 Å². The normalized spacial score (nSPS) is 16.2. The van der Waals surface area contributed by atoms with Crippen LogP contribution in [0.1, 0.15) is 5.56 Å². The molecule has 0 spiro atoms. The molecule has 2 nitrogen and oxygen atoms in total. The Morgan fingerprint density at radius 2 is 1.62 bits per heavy atom. The van der Waals surface area contributed by atoms with Crippen molar-refractivity contribution in [1.29, 1.82) is 0 Å². The lowest BCUT2D eigenvalue weighted by molar-refractivity contribution is -0.914. The van der Waals surface area contributed by atoms with Gasteiger partial charge in [-0.2, -0.15) is 0 Å². The Labute approximate surface area is 135 Å². The summed E-state index contributed by atoms with van der Waals surface area (Å²) >= 11 is 12.1. The Bertz CT molecular complexity index is 593. The molecule has 0 unspecified atom stereocenters. The number of piperazine rings is 1. The van der Waals surface area contributed by atoms with Gasteiger partial charge in [-0.25, -0.2) is 0 Å². The van der Waals surface area contributed by atoms with Crippen molar-refractivity contribution in [2.75, 3.05) is 31.1 Å². The first kappa shape index (κ1) is 14.7. The van der Waals surface area contributed by atoms with E-state index in [-0.39, 0.29) is 0 Å². The minimum atomic E-state index is 0.629. The molecule has 1 fully saturated rings. The van der Waals surface area contributed by atoms with E-state index in [4.69, 9.17) is 23.2 Å². The zero-order chi connectivity index (χ0) is 14.7. The second kappa shape index (κ2) is 6.69. The maximum Gasteiger partial charge on any atom is 0.103 e. The quantitative estimate of drug-likeness (QED) is 0.913. The molecule has 1 aliphatic heterocycles. The van der Waals surface area contributed by atoms with Crippen molar-refractivity contribution in [3.05, 3.63) is 64.1 Å². The molecule has 21 heavy (non-hydrogen) atoms. The van der Waals surface area contributed by atoms with Gasteiger partial charge in [0.05, 0.1) is 36.2 Å². The minimum absolute atomic E-state index is 0.629. The molecule has 0 amide bonds. The fourth-order valence-electron chi connectivity index (χ4n) is 2.84. The molecule has 0 atom stereocenters. The summed E-state index contributed by atoms with van der Waals surface area (Å²) in [5.41, 5.74) is 2.58. The molecule has 1 aliphatic rings. The Kier molecular flexibility index (Phi) is 4.69. The van der Waals surface area contributed by atoms with Gasteiger partial charge in [0.15, 0.2) is 0 Å². The van der Waals surface area contributed by atoms with Gasteiger partial charge < -0.3 is 9.80 Å². The van der Waals surface area contributed by atoms with Gasteiger partial charge in [-0.1, -0.05) is 47.5 Å². The Morgan fingerprint density at radius 1 is 0.905 bits per heavy atom. The molecule has 2 aromatic rings. The van der Waals surface area contributed by atoms with E-state index in [0.717, 1.165) is 32.7 Å². The summed E-state index contributed by atoms with van der Waals surface area (Å²) < 4.78 is 0. The number of rotatable bonds is 3. The molecule has 0 radical (unpaired) electrons. The van der Waals surface area contributed by atoms with E-state index >= 15 is 0 Å². The monoisotopic (exact) mass is 321 g/mol. The third kappa shape index (κ3) is 3.70. The molecule has 3 rings (SSSR count). The smallest absolute Gasteiger partial charge is 0.103 e. The molecule has 0 saturated carbocycles. The highest BCUT2D eigenvalue weighted by molar-refractivity contribution is 6.42. The molecule has 1 saturated heterocycles. The number of quaternary nitrogens is 1. The molecule has 2 aromatic carbocycles. The van der Waals surface area contributed by atoms with Crippen LogP contribution in [-0.4, -0.2) is 26.2 Å². The van der Waals surface area contributed by atoms with Crippen LogP contribution in [0.15, 0.2) is 48.5 Å². The van der Waals surface area contributed by atoms with E-state index in [1.54, 1.807) is 4.90 Å². The first-order chi connectivity index (χ1) is 10.2. The lowest BCUT2D eigenvalue weighted by atomic mass is 10.2. The van der Waals surface area contributed by atoms with E-state index in [9.17, 15) is 0 Å². The average Bonchev–Trinajstić information content (AvgIpc) is 2.53. The van der Waals surface area contributed by atoms with Crippen molar-refractivity contribution in [2.24, 2.45) is 0 Å². The fraction of sp³-hybridized carbons (Fsp3) is 0.294. The number of anilines is 1. The largest absolute Gasteiger partial charge is 0.360 e. The first-order valence-electron chi connectivity index (χ1n) is 7.30. The maximum atomic E-state index is 6.09. The van der Waals surface area contributed by atoms with E-state index in [2.05, 4.69) is 41.3 Å². The van der Waals surface area contributed by atoms with Crippen molar-refractivity contribution in [3.63, 3.8) is 0 Å². The number of hydrogen-bond acceptors (Lipinski definition) is 1. The van der Waals surface area contributed by atoms with Gasteiger partial charge >= 0.3 is 0 Å². The third-order valence-corrected chi connectivity index (χ3v) is 4.77. The zero-order valence-electron chi connectivity index (χ0n) is 11.9. The molecule has 110 valence electrons. The van der Waals surface area contributed by atoms with Gasteiger partial charge in [-0.15, -0.1) is 0 Å². The van der Waals surface area contributed by atoms with Crippen LogP contribution in [0, 0.1) is 0 Å². The molecule has 1 N–H and O–H groups in total. The summed E-state index contributed by atoms with van der Waals surface area (Å²) in [6.45, 7) is 5.51. The number of para-hydroxylation sites is 1. The molecule has 1 heterocycles. The van der Waals surface area contributed by atoms with Gasteiger partial charge in [-0.05, 0) is 24.3 Å². The van der Waals surface area contributed by atoms with Gasteiger partial charge in [0.2, 0.25) is 0 Å². The van der Waals surface area contributed by atoms with E-state index < -0.39 is 0 Å². The standard InChI is InChI=1S/C17H18Cl2N2/c18-16-7-6-14(12-17(16)19)13-20-8-10-21(11-9-20)15-4-2-1-3-5-15/h1-7,12H,8-11,13H2/p+1. The highest BCUT2D eigenvalue weighted by atomic mass is 35.5. The van der Waals surface area contributed by atoms with Crippen molar-refractivity contribution in [3.8, 4) is 0 Å².